The summed E-state index contributed by atoms with van der Waals surface area (Å²) < 4.78 is 6.54. The van der Waals surface area contributed by atoms with E-state index in [0.29, 0.717) is 5.56 Å². The molecule has 0 aromatic heterocycles. The van der Waals surface area contributed by atoms with Crippen LogP contribution in [0.25, 0.3) is 0 Å². The smallest absolute Gasteiger partial charge is 0.320 e. The van der Waals surface area contributed by atoms with Crippen LogP contribution in [0.3, 0.4) is 0 Å². The van der Waals surface area contributed by atoms with Gasteiger partial charge in [0.1, 0.15) is 11.5 Å². The normalized spacial score (nSPS) is 23.0. The van der Waals surface area contributed by atoms with Crippen molar-refractivity contribution in [1.82, 2.24) is 0 Å². The summed E-state index contributed by atoms with van der Waals surface area (Å²) in [6, 6.07) is 12.2. The fraction of sp³-hybridized carbons (Fsp3) is 0.318. The van der Waals surface area contributed by atoms with E-state index in [1.165, 1.54) is 31.2 Å². The largest absolute Gasteiger partial charge is 0.456 e. The van der Waals surface area contributed by atoms with Gasteiger partial charge in [-0.05, 0) is 50.6 Å². The van der Waals surface area contributed by atoms with Crippen LogP contribution < -0.4 is 0 Å². The summed E-state index contributed by atoms with van der Waals surface area (Å²) in [7, 11) is 0. The minimum Gasteiger partial charge on any atom is -0.456 e. The highest BCUT2D eigenvalue weighted by Gasteiger charge is 2.58. The number of halogens is 1. The lowest BCUT2D eigenvalue weighted by molar-refractivity contribution is -0.384. The Kier molecular flexibility index (Phi) is 5.64. The Morgan fingerprint density at radius 3 is 2.17 bits per heavy atom. The van der Waals surface area contributed by atoms with Crippen molar-refractivity contribution in [3.63, 3.8) is 0 Å². The first-order valence-corrected chi connectivity index (χ1v) is 10.1. The summed E-state index contributed by atoms with van der Waals surface area (Å²) in [5, 5.41) is 10.8. The van der Waals surface area contributed by atoms with Crippen molar-refractivity contribution in [2.75, 3.05) is 0 Å². The van der Waals surface area contributed by atoms with Crippen molar-refractivity contribution in [2.45, 2.75) is 33.3 Å². The number of nitro groups is 1. The third-order valence-electron chi connectivity index (χ3n) is 5.50. The first-order chi connectivity index (χ1) is 14.0. The fourth-order valence-electron chi connectivity index (χ4n) is 3.77. The molecule has 0 N–H and O–H groups in total. The molecule has 1 aliphatic rings. The zero-order chi connectivity index (χ0) is 22.3. The highest BCUT2D eigenvalue weighted by atomic mass is 79.9. The Bertz CT molecular complexity index is 1030. The molecule has 0 unspecified atom stereocenters. The Hall–Kier alpha value is -2.87. The number of hydrogen-bond acceptors (Lipinski definition) is 6. The number of ketones is 2. The maximum Gasteiger partial charge on any atom is 0.320 e. The molecule has 156 valence electrons. The number of carbonyl (C=O) groups is 3. The predicted molar refractivity (Wildman–Crippen MR) is 112 cm³/mol. The van der Waals surface area contributed by atoms with Gasteiger partial charge in [-0.15, -0.1) is 0 Å². The van der Waals surface area contributed by atoms with Crippen molar-refractivity contribution >= 4 is 39.2 Å². The molecule has 1 fully saturated rings. The first kappa shape index (κ1) is 21.8. The molecular weight excluding hydrogens is 454 g/mol. The number of hydrogen-bond donors (Lipinski definition) is 0. The number of ether oxygens (including phenoxy) is 1. The second kappa shape index (κ2) is 7.75. The van der Waals surface area contributed by atoms with E-state index in [0.717, 1.165) is 4.47 Å². The highest BCUT2D eigenvalue weighted by Crippen LogP contribution is 2.49. The third kappa shape index (κ3) is 3.79. The van der Waals surface area contributed by atoms with Crippen LogP contribution in [0.4, 0.5) is 5.69 Å². The van der Waals surface area contributed by atoms with E-state index in [1.54, 1.807) is 38.1 Å². The second-order valence-electron chi connectivity index (χ2n) is 8.12. The molecule has 1 aliphatic heterocycles. The van der Waals surface area contributed by atoms with Gasteiger partial charge in [-0.1, -0.05) is 28.1 Å². The van der Waals surface area contributed by atoms with Gasteiger partial charge in [0, 0.05) is 28.6 Å². The Balaban J connectivity index is 1.87. The molecule has 0 saturated carbocycles. The summed E-state index contributed by atoms with van der Waals surface area (Å²) in [4.78, 5) is 49.2. The van der Waals surface area contributed by atoms with Gasteiger partial charge < -0.3 is 4.74 Å². The maximum atomic E-state index is 13.4. The molecule has 0 amide bonds. The number of benzene rings is 2. The van der Waals surface area contributed by atoms with Crippen LogP contribution >= 0.6 is 15.9 Å². The van der Waals surface area contributed by atoms with Gasteiger partial charge in [-0.3, -0.25) is 24.5 Å². The summed E-state index contributed by atoms with van der Waals surface area (Å²) in [6.45, 7) is 4.81. The van der Waals surface area contributed by atoms with Gasteiger partial charge >= 0.3 is 5.97 Å². The van der Waals surface area contributed by atoms with E-state index in [4.69, 9.17) is 4.74 Å². The molecule has 0 aliphatic carbocycles. The molecule has 8 heteroatoms. The number of Topliss-reactive ketones (excluding diaryl/α,β-unsaturated/α-hetero) is 2. The van der Waals surface area contributed by atoms with Crippen LogP contribution in [0.15, 0.2) is 53.0 Å². The molecular formula is C22H20BrNO6. The lowest BCUT2D eigenvalue weighted by atomic mass is 9.64. The van der Waals surface area contributed by atoms with Gasteiger partial charge in [0.15, 0.2) is 11.6 Å². The quantitative estimate of drug-likeness (QED) is 0.202. The predicted octanol–water partition coefficient (Wildman–Crippen LogP) is 4.83. The van der Waals surface area contributed by atoms with E-state index in [9.17, 15) is 24.5 Å². The Morgan fingerprint density at radius 1 is 1.07 bits per heavy atom. The van der Waals surface area contributed by atoms with Crippen LogP contribution in [-0.2, 0) is 14.3 Å². The minimum atomic E-state index is -1.64. The van der Waals surface area contributed by atoms with Gasteiger partial charge in [-0.25, -0.2) is 0 Å². The van der Waals surface area contributed by atoms with Crippen molar-refractivity contribution in [1.29, 1.82) is 0 Å². The van der Waals surface area contributed by atoms with E-state index in [2.05, 4.69) is 15.9 Å². The van der Waals surface area contributed by atoms with Crippen LogP contribution in [0.1, 0.15) is 49.2 Å². The molecule has 7 nitrogen and oxygen atoms in total. The van der Waals surface area contributed by atoms with Crippen molar-refractivity contribution < 1.29 is 24.0 Å². The molecule has 1 saturated heterocycles. The molecule has 0 bridgehead atoms. The van der Waals surface area contributed by atoms with Crippen LogP contribution in [0, 0.1) is 20.9 Å². The zero-order valence-electron chi connectivity index (χ0n) is 16.7. The molecule has 30 heavy (non-hydrogen) atoms. The van der Waals surface area contributed by atoms with Crippen LogP contribution in [-0.4, -0.2) is 22.5 Å². The molecule has 2 aromatic carbocycles. The Morgan fingerprint density at radius 2 is 1.63 bits per heavy atom. The molecule has 2 aromatic rings. The van der Waals surface area contributed by atoms with Crippen LogP contribution in [0.2, 0.25) is 0 Å². The molecule has 3 rings (SSSR count). The summed E-state index contributed by atoms with van der Waals surface area (Å²) in [6.07, 6.45) is -1.15. The van der Waals surface area contributed by atoms with Gasteiger partial charge in [0.25, 0.3) is 5.69 Å². The van der Waals surface area contributed by atoms with Gasteiger partial charge in [0.05, 0.1) is 10.3 Å². The number of carbonyl (C=O) groups excluding carboxylic acids is 3. The zero-order valence-corrected chi connectivity index (χ0v) is 18.3. The van der Waals surface area contributed by atoms with Gasteiger partial charge in [0.2, 0.25) is 0 Å². The monoisotopic (exact) mass is 473 g/mol. The highest BCUT2D eigenvalue weighted by molar-refractivity contribution is 9.10. The second-order valence-corrected chi connectivity index (χ2v) is 9.04. The van der Waals surface area contributed by atoms with Crippen molar-refractivity contribution in [3.8, 4) is 0 Å². The SMILES string of the molecule is CC1(C)C(=O)[C@](C)(CC(=O)c2ccc([N+](=O)[O-])cc2)C(=O)O[C@@H]1c1ccc(Br)cc1. The fourth-order valence-corrected chi connectivity index (χ4v) is 4.04. The summed E-state index contributed by atoms with van der Waals surface area (Å²) >= 11 is 3.35. The number of nitrogens with zero attached hydrogens (tertiary/aromatic N) is 1. The number of non-ortho nitro benzene ring substituents is 1. The van der Waals surface area contributed by atoms with E-state index in [-0.39, 0.29) is 23.5 Å². The maximum absolute atomic E-state index is 13.4. The molecule has 0 radical (unpaired) electrons. The molecule has 0 spiro atoms. The number of rotatable bonds is 5. The standard InChI is InChI=1S/C22H20BrNO6/c1-21(2)18(14-4-8-15(23)9-5-14)30-20(27)22(3,19(21)26)12-17(25)13-6-10-16(11-7-13)24(28)29/h4-11,18H,12H2,1-3H3/t18-,22+/m1/s1. The molecule has 1 heterocycles. The van der Waals surface area contributed by atoms with E-state index >= 15 is 0 Å². The number of cyclic esters (lactones) is 1. The Labute approximate surface area is 181 Å². The third-order valence-corrected chi connectivity index (χ3v) is 6.03. The molecule has 2 atom stereocenters. The topological polar surface area (TPSA) is 104 Å². The first-order valence-electron chi connectivity index (χ1n) is 9.26. The van der Waals surface area contributed by atoms with E-state index < -0.39 is 33.6 Å². The minimum absolute atomic E-state index is 0.149. The average Bonchev–Trinajstić information content (AvgIpc) is 2.70. The average molecular weight is 474 g/mol. The van der Waals surface area contributed by atoms with Crippen molar-refractivity contribution in [3.05, 3.63) is 74.2 Å². The number of esters is 1. The lowest BCUT2D eigenvalue weighted by Gasteiger charge is -2.44. The van der Waals surface area contributed by atoms with Crippen molar-refractivity contribution in [2.24, 2.45) is 10.8 Å². The van der Waals surface area contributed by atoms with Crippen LogP contribution in [0.5, 0.6) is 0 Å². The number of nitro benzene ring substituents is 1. The lowest BCUT2D eigenvalue weighted by Crippen LogP contribution is -2.54. The summed E-state index contributed by atoms with van der Waals surface area (Å²) in [5.74, 6) is -1.60. The summed E-state index contributed by atoms with van der Waals surface area (Å²) in [5.41, 5.74) is -1.96. The van der Waals surface area contributed by atoms with E-state index in [1.807, 2.05) is 0 Å². The van der Waals surface area contributed by atoms with Gasteiger partial charge in [-0.2, -0.15) is 0 Å².